The Labute approximate surface area is 101 Å². The molecule has 0 aliphatic carbocycles. The lowest BCUT2D eigenvalue weighted by molar-refractivity contribution is 0.202. The van der Waals surface area contributed by atoms with E-state index in [0.29, 0.717) is 12.0 Å². The van der Waals surface area contributed by atoms with Gasteiger partial charge in [-0.1, -0.05) is 20.8 Å². The van der Waals surface area contributed by atoms with Gasteiger partial charge in [-0.25, -0.2) is 0 Å². The van der Waals surface area contributed by atoms with Crippen molar-refractivity contribution in [3.63, 3.8) is 0 Å². The van der Waals surface area contributed by atoms with Crippen molar-refractivity contribution < 1.29 is 0 Å². The van der Waals surface area contributed by atoms with Gasteiger partial charge in [0.1, 0.15) is 0 Å². The molecule has 0 aliphatic rings. The van der Waals surface area contributed by atoms with Gasteiger partial charge < -0.3 is 10.2 Å². The summed E-state index contributed by atoms with van der Waals surface area (Å²) in [4.78, 5) is 2.34. The first-order valence-corrected chi connectivity index (χ1v) is 6.36. The monoisotopic (exact) mass is 225 g/mol. The Morgan fingerprint density at radius 3 is 2.38 bits per heavy atom. The lowest BCUT2D eigenvalue weighted by atomic mass is 10.0. The number of nitrogens with zero attached hydrogens (tertiary/aromatic N) is 2. The fourth-order valence-corrected chi connectivity index (χ4v) is 1.58. The van der Waals surface area contributed by atoms with E-state index in [1.807, 2.05) is 0 Å². The minimum Gasteiger partial charge on any atom is -0.303 e. The summed E-state index contributed by atoms with van der Waals surface area (Å²) in [5, 5.41) is 12.2. The summed E-state index contributed by atoms with van der Waals surface area (Å²) in [5.74, 6) is 0.661. The normalized spacial score (nSPS) is 15.1. The maximum absolute atomic E-state index is 8.98. The molecule has 0 heterocycles. The molecule has 0 aliphatic heterocycles. The Kier molecular flexibility index (Phi) is 8.23. The Morgan fingerprint density at radius 2 is 1.94 bits per heavy atom. The van der Waals surface area contributed by atoms with Gasteiger partial charge in [0.2, 0.25) is 0 Å². The molecule has 0 saturated carbocycles. The summed E-state index contributed by atoms with van der Waals surface area (Å²) in [6, 6.07) is 2.90. The molecule has 0 aromatic carbocycles. The van der Waals surface area contributed by atoms with Crippen molar-refractivity contribution in [2.24, 2.45) is 5.92 Å². The first-order chi connectivity index (χ1) is 7.52. The van der Waals surface area contributed by atoms with Gasteiger partial charge >= 0.3 is 0 Å². The number of nitriles is 1. The second kappa shape index (κ2) is 8.55. The zero-order valence-electron chi connectivity index (χ0n) is 11.5. The molecule has 1 N–H and O–H groups in total. The van der Waals surface area contributed by atoms with Gasteiger partial charge in [-0.2, -0.15) is 5.26 Å². The van der Waals surface area contributed by atoms with Crippen LogP contribution in [0.15, 0.2) is 0 Å². The minimum absolute atomic E-state index is 0.00163. The zero-order chi connectivity index (χ0) is 12.6. The van der Waals surface area contributed by atoms with E-state index in [9.17, 15) is 0 Å². The molecular formula is C13H27N3. The molecule has 94 valence electrons. The van der Waals surface area contributed by atoms with E-state index in [1.165, 1.54) is 0 Å². The Bertz CT molecular complexity index is 208. The maximum atomic E-state index is 8.98. The smallest absolute Gasteiger partial charge is 0.0965 e. The molecule has 0 radical (unpaired) electrons. The highest BCUT2D eigenvalue weighted by Gasteiger charge is 2.14. The minimum atomic E-state index is 0.00163. The highest BCUT2D eigenvalue weighted by molar-refractivity contribution is 4.90. The van der Waals surface area contributed by atoms with Crippen LogP contribution in [0.25, 0.3) is 0 Å². The van der Waals surface area contributed by atoms with E-state index >= 15 is 0 Å². The van der Waals surface area contributed by atoms with Gasteiger partial charge in [0.15, 0.2) is 0 Å². The maximum Gasteiger partial charge on any atom is 0.0965 e. The van der Waals surface area contributed by atoms with Gasteiger partial charge in [0.05, 0.1) is 12.1 Å². The van der Waals surface area contributed by atoms with E-state index < -0.39 is 0 Å². The van der Waals surface area contributed by atoms with Crippen molar-refractivity contribution in [3.8, 4) is 6.07 Å². The van der Waals surface area contributed by atoms with Gasteiger partial charge in [-0.15, -0.1) is 0 Å². The summed E-state index contributed by atoms with van der Waals surface area (Å²) >= 11 is 0. The average molecular weight is 225 g/mol. The molecule has 2 atom stereocenters. The molecule has 0 bridgehead atoms. The molecule has 3 heteroatoms. The largest absolute Gasteiger partial charge is 0.303 e. The topological polar surface area (TPSA) is 39.1 Å². The highest BCUT2D eigenvalue weighted by atomic mass is 15.1. The summed E-state index contributed by atoms with van der Waals surface area (Å²) < 4.78 is 0. The standard InChI is InChI=1S/C13H27N3/c1-6-8-15-13(10-14)7-9-16(5)12(4)11(2)3/h11-13,15H,6-9H2,1-5H3. The second-order valence-electron chi connectivity index (χ2n) is 4.89. The highest BCUT2D eigenvalue weighted by Crippen LogP contribution is 2.08. The van der Waals surface area contributed by atoms with Crippen LogP contribution in [-0.4, -0.2) is 37.1 Å². The zero-order valence-corrected chi connectivity index (χ0v) is 11.5. The number of hydrogen-bond donors (Lipinski definition) is 1. The third-order valence-electron chi connectivity index (χ3n) is 3.23. The quantitative estimate of drug-likeness (QED) is 0.688. The van der Waals surface area contributed by atoms with Gasteiger partial charge in [-0.05, 0) is 39.3 Å². The molecule has 2 unspecified atom stereocenters. The molecule has 0 saturated heterocycles. The fourth-order valence-electron chi connectivity index (χ4n) is 1.58. The summed E-state index contributed by atoms with van der Waals surface area (Å²) in [6.45, 7) is 10.7. The molecule has 0 spiro atoms. The van der Waals surface area contributed by atoms with Crippen LogP contribution >= 0.6 is 0 Å². The summed E-state index contributed by atoms with van der Waals surface area (Å²) in [6.07, 6.45) is 1.99. The number of nitrogens with one attached hydrogen (secondary N) is 1. The molecule has 0 amide bonds. The van der Waals surface area contributed by atoms with E-state index in [-0.39, 0.29) is 6.04 Å². The molecule has 0 rings (SSSR count). The van der Waals surface area contributed by atoms with Crippen molar-refractivity contribution >= 4 is 0 Å². The molecule has 0 aromatic heterocycles. The van der Waals surface area contributed by atoms with Crippen LogP contribution in [0.4, 0.5) is 0 Å². The third-order valence-corrected chi connectivity index (χ3v) is 3.23. The average Bonchev–Trinajstić information content (AvgIpc) is 2.27. The van der Waals surface area contributed by atoms with Crippen LogP contribution in [0, 0.1) is 17.2 Å². The molecular weight excluding hydrogens is 198 g/mol. The third kappa shape index (κ3) is 6.09. The van der Waals surface area contributed by atoms with Crippen molar-refractivity contribution in [3.05, 3.63) is 0 Å². The lowest BCUT2D eigenvalue weighted by Gasteiger charge is -2.28. The van der Waals surface area contributed by atoms with Gasteiger partial charge in [-0.3, -0.25) is 0 Å². The van der Waals surface area contributed by atoms with Gasteiger partial charge in [0.25, 0.3) is 0 Å². The lowest BCUT2D eigenvalue weighted by Crippen LogP contribution is -2.38. The van der Waals surface area contributed by atoms with Crippen LogP contribution in [-0.2, 0) is 0 Å². The Hall–Kier alpha value is -0.590. The first-order valence-electron chi connectivity index (χ1n) is 6.36. The van der Waals surface area contributed by atoms with E-state index in [4.69, 9.17) is 5.26 Å². The summed E-state index contributed by atoms with van der Waals surface area (Å²) in [7, 11) is 2.14. The van der Waals surface area contributed by atoms with Crippen molar-refractivity contribution in [1.29, 1.82) is 5.26 Å². The molecule has 16 heavy (non-hydrogen) atoms. The summed E-state index contributed by atoms with van der Waals surface area (Å²) in [5.41, 5.74) is 0. The molecule has 0 aromatic rings. The number of rotatable bonds is 8. The van der Waals surface area contributed by atoms with Gasteiger partial charge in [0, 0.05) is 12.6 Å². The van der Waals surface area contributed by atoms with E-state index in [0.717, 1.165) is 25.9 Å². The predicted molar refractivity (Wildman–Crippen MR) is 69.2 cm³/mol. The Morgan fingerprint density at radius 1 is 1.31 bits per heavy atom. The van der Waals surface area contributed by atoms with Crippen molar-refractivity contribution in [2.75, 3.05) is 20.1 Å². The van der Waals surface area contributed by atoms with Crippen LogP contribution in [0.1, 0.15) is 40.5 Å². The van der Waals surface area contributed by atoms with E-state index in [2.05, 4.69) is 51.0 Å². The van der Waals surface area contributed by atoms with Crippen molar-refractivity contribution in [2.45, 2.75) is 52.6 Å². The Balaban J connectivity index is 3.88. The van der Waals surface area contributed by atoms with Crippen LogP contribution < -0.4 is 5.32 Å². The molecule has 0 fully saturated rings. The van der Waals surface area contributed by atoms with E-state index in [1.54, 1.807) is 0 Å². The SMILES string of the molecule is CCCNC(C#N)CCN(C)C(C)C(C)C. The van der Waals surface area contributed by atoms with Crippen molar-refractivity contribution in [1.82, 2.24) is 10.2 Å². The number of hydrogen-bond acceptors (Lipinski definition) is 3. The molecule has 3 nitrogen and oxygen atoms in total. The fraction of sp³-hybridized carbons (Fsp3) is 0.923. The second-order valence-corrected chi connectivity index (χ2v) is 4.89. The predicted octanol–water partition coefficient (Wildman–Crippen LogP) is 2.24. The first kappa shape index (κ1) is 15.4. The van der Waals surface area contributed by atoms with Crippen LogP contribution in [0.5, 0.6) is 0 Å². The van der Waals surface area contributed by atoms with Crippen LogP contribution in [0.3, 0.4) is 0 Å². The van der Waals surface area contributed by atoms with Crippen LogP contribution in [0.2, 0.25) is 0 Å².